The van der Waals surface area contributed by atoms with Gasteiger partial charge in [-0.05, 0) is 12.1 Å². The molecule has 0 aliphatic carbocycles. The molecule has 0 unspecified atom stereocenters. The molecule has 6 nitrogen and oxygen atoms in total. The van der Waals surface area contributed by atoms with Crippen molar-refractivity contribution in [2.45, 2.75) is 6.92 Å². The summed E-state index contributed by atoms with van der Waals surface area (Å²) < 4.78 is 1.78. The van der Waals surface area contributed by atoms with E-state index in [4.69, 9.17) is 5.84 Å². The van der Waals surface area contributed by atoms with Gasteiger partial charge in [-0.1, -0.05) is 25.1 Å². The Morgan fingerprint density at radius 2 is 1.84 bits per heavy atom. The second-order valence-corrected chi connectivity index (χ2v) is 3.71. The molecule has 3 rings (SSSR count). The predicted octanol–water partition coefficient (Wildman–Crippen LogP) is 1.29. The molecule has 98 valence electrons. The van der Waals surface area contributed by atoms with Gasteiger partial charge in [-0.2, -0.15) is 5.10 Å². The van der Waals surface area contributed by atoms with Crippen molar-refractivity contribution in [2.75, 3.05) is 6.54 Å². The highest BCUT2D eigenvalue weighted by atomic mass is 15.3. The molecule has 3 aromatic rings. The zero-order valence-corrected chi connectivity index (χ0v) is 10.7. The third kappa shape index (κ3) is 3.12. The highest BCUT2D eigenvalue weighted by Crippen LogP contribution is 2.12. The van der Waals surface area contributed by atoms with E-state index in [0.717, 1.165) is 23.4 Å². The summed E-state index contributed by atoms with van der Waals surface area (Å²) in [7, 11) is 0. The minimum Gasteiger partial charge on any atom is -0.271 e. The zero-order valence-electron chi connectivity index (χ0n) is 10.7. The van der Waals surface area contributed by atoms with Crippen molar-refractivity contribution in [3.05, 3.63) is 48.9 Å². The van der Waals surface area contributed by atoms with Crippen LogP contribution in [0, 0.1) is 0 Å². The van der Waals surface area contributed by atoms with E-state index in [0.29, 0.717) is 0 Å². The van der Waals surface area contributed by atoms with E-state index in [-0.39, 0.29) is 0 Å². The Morgan fingerprint density at radius 3 is 2.53 bits per heavy atom. The molecule has 0 bridgehead atoms. The van der Waals surface area contributed by atoms with Crippen molar-refractivity contribution < 1.29 is 0 Å². The van der Waals surface area contributed by atoms with Crippen molar-refractivity contribution in [3.63, 3.8) is 0 Å². The molecule has 0 saturated heterocycles. The molecule has 2 aromatic heterocycles. The molecule has 2 heterocycles. The van der Waals surface area contributed by atoms with E-state index < -0.39 is 0 Å². The summed E-state index contributed by atoms with van der Waals surface area (Å²) in [5, 5.41) is 4.26. The first-order valence-corrected chi connectivity index (χ1v) is 6.00. The topological polar surface area (TPSA) is 81.6 Å². The Balaban J connectivity index is 0.000000297. The van der Waals surface area contributed by atoms with Gasteiger partial charge in [0.15, 0.2) is 5.65 Å². The smallest absolute Gasteiger partial charge is 0.181 e. The van der Waals surface area contributed by atoms with Crippen LogP contribution in [0.15, 0.2) is 48.9 Å². The number of para-hydroxylation sites is 1. The normalized spacial score (nSPS) is 10.0. The minimum absolute atomic E-state index is 0.781. The number of benzene rings is 1. The van der Waals surface area contributed by atoms with Crippen molar-refractivity contribution in [3.8, 4) is 5.69 Å². The van der Waals surface area contributed by atoms with E-state index >= 15 is 0 Å². The van der Waals surface area contributed by atoms with Gasteiger partial charge in [-0.25, -0.2) is 14.6 Å². The summed E-state index contributed by atoms with van der Waals surface area (Å²) in [6.07, 6.45) is 5.05. The summed E-state index contributed by atoms with van der Waals surface area (Å²) in [5.74, 6) is 4.78. The average molecular weight is 256 g/mol. The first-order valence-electron chi connectivity index (χ1n) is 6.00. The fraction of sp³-hybridized carbons (Fsp3) is 0.154. The van der Waals surface area contributed by atoms with E-state index in [9.17, 15) is 0 Å². The van der Waals surface area contributed by atoms with Crippen molar-refractivity contribution in [1.29, 1.82) is 0 Å². The molecule has 0 aliphatic rings. The lowest BCUT2D eigenvalue weighted by Crippen LogP contribution is -2.20. The maximum absolute atomic E-state index is 4.78. The monoisotopic (exact) mass is 256 g/mol. The highest BCUT2D eigenvalue weighted by Gasteiger charge is 2.04. The molecule has 0 radical (unpaired) electrons. The van der Waals surface area contributed by atoms with Crippen LogP contribution in [0.1, 0.15) is 6.92 Å². The highest BCUT2D eigenvalue weighted by molar-refractivity contribution is 5.70. The van der Waals surface area contributed by atoms with Gasteiger partial charge in [-0.15, -0.1) is 0 Å². The van der Waals surface area contributed by atoms with Gasteiger partial charge >= 0.3 is 0 Å². The summed E-state index contributed by atoms with van der Waals surface area (Å²) in [6.45, 7) is 2.79. The summed E-state index contributed by atoms with van der Waals surface area (Å²) in [4.78, 5) is 8.44. The largest absolute Gasteiger partial charge is 0.271 e. The molecule has 3 N–H and O–H groups in total. The van der Waals surface area contributed by atoms with Gasteiger partial charge in [0.05, 0.1) is 11.9 Å². The molecular formula is C13H16N6. The van der Waals surface area contributed by atoms with Crippen LogP contribution < -0.4 is 11.3 Å². The van der Waals surface area contributed by atoms with Gasteiger partial charge < -0.3 is 0 Å². The lowest BCUT2D eigenvalue weighted by molar-refractivity contribution is 0.781. The van der Waals surface area contributed by atoms with Crippen LogP contribution in [0.4, 0.5) is 0 Å². The molecule has 19 heavy (non-hydrogen) atoms. The van der Waals surface area contributed by atoms with E-state index in [1.54, 1.807) is 23.3 Å². The van der Waals surface area contributed by atoms with Crippen molar-refractivity contribution in [1.82, 2.24) is 25.2 Å². The second kappa shape index (κ2) is 6.58. The Labute approximate surface area is 111 Å². The standard InChI is InChI=1S/C11H8N4.C2H8N2/c1-2-4-9(5-3-1)15-11-10(8-14-15)12-6-7-13-11;1-2-4-3/h1-8H;4H,2-3H2,1H3. The summed E-state index contributed by atoms with van der Waals surface area (Å²) >= 11 is 0. The number of nitrogens with two attached hydrogens (primary N) is 1. The van der Waals surface area contributed by atoms with Crippen LogP contribution in [0.3, 0.4) is 0 Å². The van der Waals surface area contributed by atoms with Crippen LogP contribution in [0.25, 0.3) is 16.9 Å². The zero-order chi connectivity index (χ0) is 13.5. The van der Waals surface area contributed by atoms with Crippen LogP contribution in [0.5, 0.6) is 0 Å². The Hall–Kier alpha value is -2.31. The number of nitrogens with one attached hydrogen (secondary N) is 1. The number of rotatable bonds is 2. The lowest BCUT2D eigenvalue weighted by atomic mass is 10.3. The molecule has 0 atom stereocenters. The quantitative estimate of drug-likeness (QED) is 0.533. The third-order valence-corrected chi connectivity index (χ3v) is 2.41. The van der Waals surface area contributed by atoms with Gasteiger partial charge in [0.25, 0.3) is 0 Å². The van der Waals surface area contributed by atoms with Crippen LogP contribution in [-0.4, -0.2) is 26.3 Å². The number of fused-ring (bicyclic) bond motifs is 1. The molecule has 0 fully saturated rings. The Kier molecular flexibility index (Phi) is 4.54. The molecule has 1 aromatic carbocycles. The Morgan fingerprint density at radius 1 is 1.16 bits per heavy atom. The van der Waals surface area contributed by atoms with E-state index in [2.05, 4.69) is 20.5 Å². The van der Waals surface area contributed by atoms with Crippen LogP contribution in [-0.2, 0) is 0 Å². The van der Waals surface area contributed by atoms with E-state index in [1.807, 2.05) is 37.3 Å². The van der Waals surface area contributed by atoms with Gasteiger partial charge in [-0.3, -0.25) is 11.3 Å². The molecule has 0 spiro atoms. The van der Waals surface area contributed by atoms with Crippen LogP contribution in [0.2, 0.25) is 0 Å². The average Bonchev–Trinajstić information content (AvgIpc) is 2.92. The van der Waals surface area contributed by atoms with Gasteiger partial charge in [0.2, 0.25) is 0 Å². The first-order chi connectivity index (χ1) is 9.36. The number of nitrogens with zero attached hydrogens (tertiary/aromatic N) is 4. The molecule has 0 aliphatic heterocycles. The molecular weight excluding hydrogens is 240 g/mol. The maximum atomic E-state index is 4.78. The fourth-order valence-corrected chi connectivity index (χ4v) is 1.52. The Bertz CT molecular complexity index is 617. The minimum atomic E-state index is 0.781. The van der Waals surface area contributed by atoms with Gasteiger partial charge in [0, 0.05) is 18.9 Å². The number of aromatic nitrogens is 4. The first kappa shape index (κ1) is 13.1. The fourth-order valence-electron chi connectivity index (χ4n) is 1.52. The number of hydrogen-bond donors (Lipinski definition) is 2. The number of hydrogen-bond acceptors (Lipinski definition) is 5. The summed E-state index contributed by atoms with van der Waals surface area (Å²) in [5.41, 5.74) is 5.01. The summed E-state index contributed by atoms with van der Waals surface area (Å²) in [6, 6.07) is 9.89. The molecule has 0 amide bonds. The lowest BCUT2D eigenvalue weighted by Gasteiger charge is -2.00. The molecule has 6 heteroatoms. The van der Waals surface area contributed by atoms with E-state index in [1.165, 1.54) is 0 Å². The van der Waals surface area contributed by atoms with Crippen molar-refractivity contribution >= 4 is 11.2 Å². The SMILES string of the molecule is CCNN.c1ccc(-n2ncc3nccnc32)cc1. The number of hydrazine groups is 1. The molecule has 0 saturated carbocycles. The van der Waals surface area contributed by atoms with Crippen molar-refractivity contribution in [2.24, 2.45) is 5.84 Å². The predicted molar refractivity (Wildman–Crippen MR) is 74.5 cm³/mol. The third-order valence-electron chi connectivity index (χ3n) is 2.41. The maximum Gasteiger partial charge on any atom is 0.181 e. The van der Waals surface area contributed by atoms with Crippen LogP contribution >= 0.6 is 0 Å². The van der Waals surface area contributed by atoms with Gasteiger partial charge in [0.1, 0.15) is 5.52 Å². The second-order valence-electron chi connectivity index (χ2n) is 3.71.